The van der Waals surface area contributed by atoms with Gasteiger partial charge in [-0.15, -0.1) is 0 Å². The van der Waals surface area contributed by atoms with E-state index in [9.17, 15) is 14.4 Å². The Morgan fingerprint density at radius 3 is 2.11 bits per heavy atom. The van der Waals surface area contributed by atoms with E-state index in [1.54, 1.807) is 0 Å². The Bertz CT molecular complexity index is 630. The van der Waals surface area contributed by atoms with E-state index in [1.165, 1.54) is 20.3 Å². The largest absolute Gasteiger partial charge is 0.496 e. The second kappa shape index (κ2) is 4.56. The average molecular weight is 261 g/mol. The Hall–Kier alpha value is -2.63. The predicted molar refractivity (Wildman–Crippen MR) is 65.9 cm³/mol. The Morgan fingerprint density at radius 2 is 1.63 bits per heavy atom. The SMILES string of the molecule is COc1cc(C(N)=O)c(OC)c2c1C(=O)C=CC2=O. The molecule has 1 aliphatic carbocycles. The number of carbonyl (C=O) groups excluding carboxylic acids is 3. The zero-order chi connectivity index (χ0) is 14.2. The maximum Gasteiger partial charge on any atom is 0.252 e. The summed E-state index contributed by atoms with van der Waals surface area (Å²) in [5.41, 5.74) is 5.32. The molecule has 0 aliphatic heterocycles. The summed E-state index contributed by atoms with van der Waals surface area (Å²) in [6.45, 7) is 0. The van der Waals surface area contributed by atoms with Gasteiger partial charge in [-0.1, -0.05) is 0 Å². The maximum absolute atomic E-state index is 11.9. The molecule has 1 aliphatic rings. The first-order chi connectivity index (χ1) is 9.01. The van der Waals surface area contributed by atoms with Crippen molar-refractivity contribution < 1.29 is 23.9 Å². The second-order valence-corrected chi connectivity index (χ2v) is 3.84. The molecular weight excluding hydrogens is 250 g/mol. The molecule has 1 aromatic rings. The summed E-state index contributed by atoms with van der Waals surface area (Å²) in [5.74, 6) is -1.49. The fourth-order valence-corrected chi connectivity index (χ4v) is 1.99. The Morgan fingerprint density at radius 1 is 1.05 bits per heavy atom. The first kappa shape index (κ1) is 12.8. The quantitative estimate of drug-likeness (QED) is 0.865. The molecule has 0 aromatic heterocycles. The highest BCUT2D eigenvalue weighted by atomic mass is 16.5. The minimum atomic E-state index is -0.771. The number of hydrogen-bond acceptors (Lipinski definition) is 5. The minimum absolute atomic E-state index is 0.00292. The summed E-state index contributed by atoms with van der Waals surface area (Å²) < 4.78 is 10.1. The number of allylic oxidation sites excluding steroid dienone is 2. The first-order valence-electron chi connectivity index (χ1n) is 5.36. The van der Waals surface area contributed by atoms with E-state index >= 15 is 0 Å². The molecule has 1 aromatic carbocycles. The number of ketones is 2. The molecule has 0 bridgehead atoms. The van der Waals surface area contributed by atoms with Crippen molar-refractivity contribution in [2.45, 2.75) is 0 Å². The third-order valence-electron chi connectivity index (χ3n) is 2.81. The van der Waals surface area contributed by atoms with E-state index in [1.807, 2.05) is 0 Å². The summed E-state index contributed by atoms with van der Waals surface area (Å²) in [4.78, 5) is 35.2. The molecule has 98 valence electrons. The number of fused-ring (bicyclic) bond motifs is 1. The fourth-order valence-electron chi connectivity index (χ4n) is 1.99. The van der Waals surface area contributed by atoms with E-state index in [0.717, 1.165) is 12.2 Å². The lowest BCUT2D eigenvalue weighted by molar-refractivity contribution is 0.0981. The van der Waals surface area contributed by atoms with Crippen LogP contribution in [-0.2, 0) is 0 Å². The number of rotatable bonds is 3. The number of nitrogens with two attached hydrogens (primary N) is 1. The number of ether oxygens (including phenoxy) is 2. The van der Waals surface area contributed by atoms with Crippen molar-refractivity contribution >= 4 is 17.5 Å². The molecule has 1 amide bonds. The van der Waals surface area contributed by atoms with Crippen molar-refractivity contribution in [2.24, 2.45) is 5.73 Å². The number of hydrogen-bond donors (Lipinski definition) is 1. The number of primary amides is 1. The fraction of sp³-hybridized carbons (Fsp3) is 0.154. The molecule has 0 atom stereocenters. The number of methoxy groups -OCH3 is 2. The van der Waals surface area contributed by atoms with Crippen molar-refractivity contribution in [3.8, 4) is 11.5 Å². The average Bonchev–Trinajstić information content (AvgIpc) is 2.40. The van der Waals surface area contributed by atoms with Gasteiger partial charge in [-0.2, -0.15) is 0 Å². The summed E-state index contributed by atoms with van der Waals surface area (Å²) in [7, 11) is 2.63. The van der Waals surface area contributed by atoms with Crippen LogP contribution in [0.3, 0.4) is 0 Å². The highest BCUT2D eigenvalue weighted by molar-refractivity contribution is 6.25. The van der Waals surface area contributed by atoms with Crippen molar-refractivity contribution in [1.82, 2.24) is 0 Å². The predicted octanol–water partition coefficient (Wildman–Crippen LogP) is 0.738. The summed E-state index contributed by atoms with van der Waals surface area (Å²) >= 11 is 0. The van der Waals surface area contributed by atoms with Crippen LogP contribution in [0.15, 0.2) is 18.2 Å². The van der Waals surface area contributed by atoms with Crippen molar-refractivity contribution in [2.75, 3.05) is 14.2 Å². The van der Waals surface area contributed by atoms with Crippen LogP contribution in [0.4, 0.5) is 0 Å². The maximum atomic E-state index is 11.9. The minimum Gasteiger partial charge on any atom is -0.496 e. The number of benzene rings is 1. The summed E-state index contributed by atoms with van der Waals surface area (Å²) in [6.07, 6.45) is 2.27. The molecule has 0 saturated carbocycles. The monoisotopic (exact) mass is 261 g/mol. The molecule has 0 spiro atoms. The van der Waals surface area contributed by atoms with Gasteiger partial charge in [0.25, 0.3) is 5.91 Å². The van der Waals surface area contributed by atoms with Crippen LogP contribution in [0, 0.1) is 0 Å². The summed E-state index contributed by atoms with van der Waals surface area (Å²) in [6, 6.07) is 1.30. The lowest BCUT2D eigenvalue weighted by Crippen LogP contribution is -2.20. The second-order valence-electron chi connectivity index (χ2n) is 3.84. The third-order valence-corrected chi connectivity index (χ3v) is 2.81. The molecule has 0 fully saturated rings. The zero-order valence-corrected chi connectivity index (χ0v) is 10.4. The van der Waals surface area contributed by atoms with Gasteiger partial charge in [0, 0.05) is 0 Å². The molecule has 6 heteroatoms. The number of amides is 1. The van der Waals surface area contributed by atoms with Crippen LogP contribution in [0.5, 0.6) is 11.5 Å². The third kappa shape index (κ3) is 1.87. The zero-order valence-electron chi connectivity index (χ0n) is 10.4. The van der Waals surface area contributed by atoms with Gasteiger partial charge in [0.1, 0.15) is 11.5 Å². The van der Waals surface area contributed by atoms with E-state index in [2.05, 4.69) is 0 Å². The molecule has 0 saturated heterocycles. The molecule has 6 nitrogen and oxygen atoms in total. The van der Waals surface area contributed by atoms with Crippen LogP contribution in [0.25, 0.3) is 0 Å². The molecule has 19 heavy (non-hydrogen) atoms. The van der Waals surface area contributed by atoms with Gasteiger partial charge in [-0.3, -0.25) is 14.4 Å². The van der Waals surface area contributed by atoms with Crippen molar-refractivity contribution in [1.29, 1.82) is 0 Å². The Kier molecular flexibility index (Phi) is 3.08. The number of carbonyl (C=O) groups is 3. The van der Waals surface area contributed by atoms with Gasteiger partial charge in [0.15, 0.2) is 11.6 Å². The van der Waals surface area contributed by atoms with E-state index in [-0.39, 0.29) is 34.0 Å². The van der Waals surface area contributed by atoms with Crippen LogP contribution in [-0.4, -0.2) is 31.7 Å². The van der Waals surface area contributed by atoms with Crippen LogP contribution >= 0.6 is 0 Å². The van der Waals surface area contributed by atoms with Gasteiger partial charge in [-0.05, 0) is 18.2 Å². The molecule has 0 heterocycles. The highest BCUT2D eigenvalue weighted by Crippen LogP contribution is 2.37. The molecule has 0 radical (unpaired) electrons. The van der Waals surface area contributed by atoms with Crippen LogP contribution in [0.2, 0.25) is 0 Å². The molecular formula is C13H11NO5. The lowest BCUT2D eigenvalue weighted by atomic mass is 9.90. The Labute approximate surface area is 108 Å². The van der Waals surface area contributed by atoms with Gasteiger partial charge in [-0.25, -0.2) is 0 Å². The summed E-state index contributed by atoms with van der Waals surface area (Å²) in [5, 5.41) is 0. The molecule has 2 N–H and O–H groups in total. The van der Waals surface area contributed by atoms with Crippen LogP contribution < -0.4 is 15.2 Å². The van der Waals surface area contributed by atoms with E-state index in [4.69, 9.17) is 15.2 Å². The van der Waals surface area contributed by atoms with Crippen molar-refractivity contribution in [3.05, 3.63) is 34.9 Å². The molecule has 2 rings (SSSR count). The van der Waals surface area contributed by atoms with Gasteiger partial charge < -0.3 is 15.2 Å². The normalized spacial score (nSPS) is 13.2. The van der Waals surface area contributed by atoms with E-state index < -0.39 is 11.7 Å². The van der Waals surface area contributed by atoms with E-state index in [0.29, 0.717) is 0 Å². The standard InChI is InChI=1S/C13H11NO5/c1-18-9-5-6(13(14)17)12(19-2)11-8(16)4-3-7(15)10(9)11/h3-5H,1-2H3,(H2,14,17). The van der Waals surface area contributed by atoms with Crippen LogP contribution in [0.1, 0.15) is 31.1 Å². The molecule has 0 unspecified atom stereocenters. The smallest absolute Gasteiger partial charge is 0.252 e. The Balaban J connectivity index is 2.89. The van der Waals surface area contributed by atoms with Gasteiger partial charge in [0.05, 0.1) is 30.9 Å². The first-order valence-corrected chi connectivity index (χ1v) is 5.36. The topological polar surface area (TPSA) is 95.7 Å². The van der Waals surface area contributed by atoms with Gasteiger partial charge >= 0.3 is 0 Å². The van der Waals surface area contributed by atoms with Gasteiger partial charge in [0.2, 0.25) is 0 Å². The van der Waals surface area contributed by atoms with Crippen molar-refractivity contribution in [3.63, 3.8) is 0 Å². The lowest BCUT2D eigenvalue weighted by Gasteiger charge is -2.18. The highest BCUT2D eigenvalue weighted by Gasteiger charge is 2.30.